The highest BCUT2D eigenvalue weighted by molar-refractivity contribution is 6.22. The Bertz CT molecular complexity index is 1510. The third-order valence-electron chi connectivity index (χ3n) is 8.63. The van der Waals surface area contributed by atoms with E-state index in [1.807, 2.05) is 44.2 Å². The Morgan fingerprint density at radius 3 is 2.27 bits per heavy atom. The van der Waals surface area contributed by atoms with E-state index < -0.39 is 52.0 Å². The summed E-state index contributed by atoms with van der Waals surface area (Å²) in [6, 6.07) is 9.78. The van der Waals surface area contributed by atoms with Crippen molar-refractivity contribution in [1.82, 2.24) is 0 Å². The van der Waals surface area contributed by atoms with Gasteiger partial charge in [0.25, 0.3) is 5.91 Å². The molecule has 0 bridgehead atoms. The van der Waals surface area contributed by atoms with Crippen LogP contribution in [0.15, 0.2) is 47.2 Å². The highest BCUT2D eigenvalue weighted by Gasteiger charge is 2.60. The summed E-state index contributed by atoms with van der Waals surface area (Å²) in [6.45, 7) is 8.30. The third kappa shape index (κ3) is 4.04. The fourth-order valence-corrected chi connectivity index (χ4v) is 6.74. The summed E-state index contributed by atoms with van der Waals surface area (Å²) in [5.74, 6) is -5.70. The van der Waals surface area contributed by atoms with Gasteiger partial charge < -0.3 is 26.2 Å². The van der Waals surface area contributed by atoms with E-state index >= 15 is 0 Å². The average Bonchev–Trinajstić information content (AvgIpc) is 2.86. The summed E-state index contributed by atoms with van der Waals surface area (Å²) in [5.41, 5.74) is 5.93. The van der Waals surface area contributed by atoms with E-state index in [9.17, 15) is 34.8 Å². The number of benzene rings is 2. The number of fused-ring (bicyclic) bond motifs is 3. The van der Waals surface area contributed by atoms with Crippen LogP contribution < -0.4 is 5.73 Å². The van der Waals surface area contributed by atoms with Gasteiger partial charge in [-0.3, -0.25) is 14.4 Å². The van der Waals surface area contributed by atoms with E-state index in [0.717, 1.165) is 23.1 Å². The predicted molar refractivity (Wildman–Crippen MR) is 149 cm³/mol. The highest BCUT2D eigenvalue weighted by Crippen LogP contribution is 2.54. The third-order valence-corrected chi connectivity index (χ3v) is 8.63. The number of Topliss-reactive ketones (excluding diaryl/α,β-unsaturated/α-hetero) is 2. The minimum Gasteiger partial charge on any atom is -0.508 e. The summed E-state index contributed by atoms with van der Waals surface area (Å²) >= 11 is 0. The van der Waals surface area contributed by atoms with Crippen LogP contribution in [0, 0.1) is 17.8 Å². The lowest BCUT2D eigenvalue weighted by Crippen LogP contribution is -2.58. The maximum atomic E-state index is 13.8. The quantitative estimate of drug-likeness (QED) is 0.348. The van der Waals surface area contributed by atoms with Crippen LogP contribution in [0.1, 0.15) is 68.7 Å². The van der Waals surface area contributed by atoms with Crippen molar-refractivity contribution in [3.63, 3.8) is 0 Å². The molecule has 8 heteroatoms. The first-order valence-corrected chi connectivity index (χ1v) is 13.7. The van der Waals surface area contributed by atoms with Crippen molar-refractivity contribution >= 4 is 23.2 Å². The molecular formula is C32H35NO7. The number of aromatic hydroxyl groups is 1. The number of ketones is 2. The molecule has 1 amide bonds. The molecule has 40 heavy (non-hydrogen) atoms. The molecule has 3 atom stereocenters. The molecule has 8 nitrogen and oxygen atoms in total. The second kappa shape index (κ2) is 9.63. The van der Waals surface area contributed by atoms with Crippen molar-refractivity contribution in [2.24, 2.45) is 23.5 Å². The molecule has 0 aliphatic heterocycles. The Morgan fingerprint density at radius 2 is 1.70 bits per heavy atom. The van der Waals surface area contributed by atoms with Crippen LogP contribution in [-0.2, 0) is 27.2 Å². The van der Waals surface area contributed by atoms with Crippen molar-refractivity contribution in [2.75, 3.05) is 0 Å². The number of aliphatic hydroxyl groups is 3. The Hall–Kier alpha value is -3.91. The van der Waals surface area contributed by atoms with E-state index in [2.05, 4.69) is 13.8 Å². The molecule has 0 saturated heterocycles. The van der Waals surface area contributed by atoms with Gasteiger partial charge in [0.05, 0.1) is 5.56 Å². The van der Waals surface area contributed by atoms with Crippen molar-refractivity contribution in [2.45, 2.75) is 64.9 Å². The number of rotatable bonds is 5. The topological polar surface area (TPSA) is 158 Å². The van der Waals surface area contributed by atoms with Gasteiger partial charge >= 0.3 is 0 Å². The molecule has 0 spiro atoms. The normalized spacial score (nSPS) is 24.4. The van der Waals surface area contributed by atoms with E-state index in [1.54, 1.807) is 0 Å². The summed E-state index contributed by atoms with van der Waals surface area (Å²) in [7, 11) is 0. The maximum Gasteiger partial charge on any atom is 0.255 e. The lowest BCUT2D eigenvalue weighted by atomic mass is 9.59. The molecule has 1 fully saturated rings. The van der Waals surface area contributed by atoms with Gasteiger partial charge in [0.2, 0.25) is 5.78 Å². The number of phenolic OH excluding ortho intramolecular Hbond substituents is 1. The molecular weight excluding hydrogens is 510 g/mol. The van der Waals surface area contributed by atoms with Crippen molar-refractivity contribution in [3.05, 3.63) is 69.5 Å². The first-order valence-electron chi connectivity index (χ1n) is 13.7. The first kappa shape index (κ1) is 27.6. The number of hydrogen-bond donors (Lipinski definition) is 5. The summed E-state index contributed by atoms with van der Waals surface area (Å²) < 4.78 is 0. The standard InChI is InChI=1S/C32H35NO7/c1-14(2)9-16-5-7-17(8-6-16)21-13-20(15(3)4)22-11-18-10-19-12-23(34)26(31(33)39)30(38)32(19,40)29(37)24(18)28(36)25(22)27(21)35/h5-8,13-15,18-19,35-36,38,40H,9-12H2,1-4H3,(H2,33,39)/t18-,19+,32+/m1/s1. The molecule has 5 rings (SSSR count). The SMILES string of the molecule is CC(C)Cc1ccc(-c2cc(C(C)C)c3c(c2O)C(O)=C2C(=O)[C@]4(O)C(O)=C(C(N)=O)C(=O)C[C@@H]4C[C@@H]2C3)cc1. The molecule has 1 saturated carbocycles. The number of hydrogen-bond acceptors (Lipinski definition) is 7. The number of primary amides is 1. The Morgan fingerprint density at radius 1 is 1.05 bits per heavy atom. The van der Waals surface area contributed by atoms with Gasteiger partial charge in [-0.2, -0.15) is 0 Å². The summed E-state index contributed by atoms with van der Waals surface area (Å²) in [4.78, 5) is 38.3. The monoisotopic (exact) mass is 545 g/mol. The van der Waals surface area contributed by atoms with Crippen LogP contribution in [0.5, 0.6) is 5.75 Å². The molecule has 3 aliphatic carbocycles. The van der Waals surface area contributed by atoms with Crippen molar-refractivity contribution in [3.8, 4) is 16.9 Å². The van der Waals surface area contributed by atoms with Gasteiger partial charge in [0.1, 0.15) is 22.8 Å². The molecule has 0 heterocycles. The minimum atomic E-state index is -2.57. The smallest absolute Gasteiger partial charge is 0.255 e. The zero-order valence-electron chi connectivity index (χ0n) is 23.1. The molecule has 6 N–H and O–H groups in total. The number of carbonyl (C=O) groups excluding carboxylic acids is 3. The average molecular weight is 546 g/mol. The fraction of sp³-hybridized carbons (Fsp3) is 0.406. The molecule has 0 radical (unpaired) electrons. The number of carbonyl (C=O) groups is 3. The highest BCUT2D eigenvalue weighted by atomic mass is 16.3. The zero-order valence-corrected chi connectivity index (χ0v) is 23.1. The zero-order chi connectivity index (χ0) is 29.3. The van der Waals surface area contributed by atoms with Gasteiger partial charge in [0.15, 0.2) is 11.4 Å². The van der Waals surface area contributed by atoms with E-state index in [1.165, 1.54) is 0 Å². The van der Waals surface area contributed by atoms with E-state index in [4.69, 9.17) is 5.73 Å². The van der Waals surface area contributed by atoms with Gasteiger partial charge in [-0.25, -0.2) is 0 Å². The van der Waals surface area contributed by atoms with Crippen molar-refractivity contribution in [1.29, 1.82) is 0 Å². The van der Waals surface area contributed by atoms with Gasteiger partial charge in [-0.05, 0) is 65.3 Å². The Labute approximate surface area is 232 Å². The number of nitrogens with two attached hydrogens (primary N) is 1. The van der Waals surface area contributed by atoms with Crippen LogP contribution >= 0.6 is 0 Å². The number of aliphatic hydroxyl groups excluding tert-OH is 2. The number of amides is 1. The van der Waals surface area contributed by atoms with Crippen LogP contribution in [-0.4, -0.2) is 43.5 Å². The second-order valence-electron chi connectivity index (χ2n) is 12.1. The van der Waals surface area contributed by atoms with Crippen LogP contribution in [0.2, 0.25) is 0 Å². The minimum absolute atomic E-state index is 0.0280. The molecule has 2 aromatic carbocycles. The Kier molecular flexibility index (Phi) is 6.65. The fourth-order valence-electron chi connectivity index (χ4n) is 6.74. The molecule has 3 aliphatic rings. The molecule has 210 valence electrons. The van der Waals surface area contributed by atoms with E-state index in [-0.39, 0.29) is 35.6 Å². The number of phenols is 1. The lowest BCUT2D eigenvalue weighted by molar-refractivity contribution is -0.147. The van der Waals surface area contributed by atoms with Crippen LogP contribution in [0.3, 0.4) is 0 Å². The van der Waals surface area contributed by atoms with Gasteiger partial charge in [0, 0.05) is 23.5 Å². The van der Waals surface area contributed by atoms with Crippen LogP contribution in [0.4, 0.5) is 0 Å². The summed E-state index contributed by atoms with van der Waals surface area (Å²) in [6.07, 6.45) is 0.984. The van der Waals surface area contributed by atoms with Crippen molar-refractivity contribution < 1.29 is 34.8 Å². The van der Waals surface area contributed by atoms with Gasteiger partial charge in [-0.15, -0.1) is 0 Å². The first-order chi connectivity index (χ1) is 18.8. The largest absolute Gasteiger partial charge is 0.508 e. The second-order valence-corrected chi connectivity index (χ2v) is 12.1. The maximum absolute atomic E-state index is 13.8. The van der Waals surface area contributed by atoms with Crippen LogP contribution in [0.25, 0.3) is 16.9 Å². The molecule has 0 aromatic heterocycles. The molecule has 2 aromatic rings. The lowest BCUT2D eigenvalue weighted by Gasteiger charge is -2.46. The molecule has 0 unspecified atom stereocenters. The van der Waals surface area contributed by atoms with Gasteiger partial charge in [-0.1, -0.05) is 52.0 Å². The Balaban J connectivity index is 1.69. The predicted octanol–water partition coefficient (Wildman–Crippen LogP) is 4.41. The summed E-state index contributed by atoms with van der Waals surface area (Å²) in [5, 5.41) is 45.4. The van der Waals surface area contributed by atoms with E-state index in [0.29, 0.717) is 23.5 Å².